The first-order valence-electron chi connectivity index (χ1n) is 10.3. The highest BCUT2D eigenvalue weighted by Crippen LogP contribution is 2.52. The average molecular weight is 405 g/mol. The molecule has 1 saturated carbocycles. The van der Waals surface area contributed by atoms with Crippen molar-refractivity contribution in [1.82, 2.24) is 9.58 Å². The van der Waals surface area contributed by atoms with Crippen molar-refractivity contribution < 1.29 is 19.1 Å². The number of rotatable bonds is 5. The van der Waals surface area contributed by atoms with Crippen LogP contribution in [0, 0.1) is 30.6 Å². The molecule has 0 N–H and O–H groups in total. The molecule has 1 aromatic carbocycles. The molecule has 1 saturated heterocycles. The number of hydrazone groups is 1. The number of esters is 1. The maximum atomic E-state index is 12.9. The molecule has 2 fully saturated rings. The SMILES string of the molecule is CCOC(=O)Cn1c(C)c(C=NN2C(=O)[C@@H]3[C@H](C2=O)[C@H]2C=C[C@H]3C2)c2ccccc21. The molecule has 3 aliphatic rings. The number of para-hydroxylation sites is 1. The van der Waals surface area contributed by atoms with Crippen molar-refractivity contribution in [2.45, 2.75) is 26.8 Å². The molecule has 1 aromatic heterocycles. The molecule has 2 heterocycles. The summed E-state index contributed by atoms with van der Waals surface area (Å²) >= 11 is 0. The average Bonchev–Trinajstić information content (AvgIpc) is 3.46. The summed E-state index contributed by atoms with van der Waals surface area (Å²) in [6.45, 7) is 4.09. The van der Waals surface area contributed by atoms with Crippen molar-refractivity contribution in [2.75, 3.05) is 6.61 Å². The maximum absolute atomic E-state index is 12.9. The van der Waals surface area contributed by atoms with Crippen molar-refractivity contribution in [3.8, 4) is 0 Å². The number of hydrogen-bond acceptors (Lipinski definition) is 5. The molecular weight excluding hydrogens is 382 g/mol. The van der Waals surface area contributed by atoms with Gasteiger partial charge in [0.25, 0.3) is 11.8 Å². The Kier molecular flexibility index (Phi) is 4.34. The van der Waals surface area contributed by atoms with E-state index in [1.165, 1.54) is 0 Å². The summed E-state index contributed by atoms with van der Waals surface area (Å²) in [5, 5.41) is 6.29. The lowest BCUT2D eigenvalue weighted by Crippen LogP contribution is -2.28. The molecule has 7 heteroatoms. The first kappa shape index (κ1) is 18.8. The lowest BCUT2D eigenvalue weighted by molar-refractivity contribution is -0.144. The number of nitrogens with zero attached hydrogens (tertiary/aromatic N) is 3. The lowest BCUT2D eigenvalue weighted by atomic mass is 9.85. The molecule has 5 rings (SSSR count). The Labute approximate surface area is 174 Å². The minimum atomic E-state index is -0.314. The van der Waals surface area contributed by atoms with Crippen LogP contribution in [0.1, 0.15) is 24.6 Å². The van der Waals surface area contributed by atoms with Gasteiger partial charge in [-0.3, -0.25) is 14.4 Å². The van der Waals surface area contributed by atoms with E-state index in [0.717, 1.165) is 33.6 Å². The number of hydrogen-bond donors (Lipinski definition) is 0. The van der Waals surface area contributed by atoms with E-state index < -0.39 is 0 Å². The molecular formula is C23H23N3O4. The van der Waals surface area contributed by atoms with E-state index in [9.17, 15) is 14.4 Å². The zero-order chi connectivity index (χ0) is 21.0. The van der Waals surface area contributed by atoms with Gasteiger partial charge in [0, 0.05) is 22.2 Å². The molecule has 4 atom stereocenters. The van der Waals surface area contributed by atoms with E-state index in [0.29, 0.717) is 6.61 Å². The number of aromatic nitrogens is 1. The predicted molar refractivity (Wildman–Crippen MR) is 110 cm³/mol. The van der Waals surface area contributed by atoms with Crippen LogP contribution < -0.4 is 0 Å². The Hall–Kier alpha value is -3.22. The Balaban J connectivity index is 1.48. The van der Waals surface area contributed by atoms with Crippen molar-refractivity contribution in [3.63, 3.8) is 0 Å². The minimum absolute atomic E-state index is 0.0920. The van der Waals surface area contributed by atoms with Crippen molar-refractivity contribution >= 4 is 34.9 Å². The Bertz CT molecular complexity index is 1100. The van der Waals surface area contributed by atoms with Crippen LogP contribution in [0.25, 0.3) is 10.9 Å². The molecule has 7 nitrogen and oxygen atoms in total. The van der Waals surface area contributed by atoms with Crippen LogP contribution in [-0.2, 0) is 25.7 Å². The van der Waals surface area contributed by atoms with Gasteiger partial charge < -0.3 is 9.30 Å². The zero-order valence-electron chi connectivity index (χ0n) is 16.9. The fourth-order valence-electron chi connectivity index (χ4n) is 5.28. The summed E-state index contributed by atoms with van der Waals surface area (Å²) in [7, 11) is 0. The monoisotopic (exact) mass is 405 g/mol. The number of allylic oxidation sites excluding steroid dienone is 2. The fraction of sp³-hybridized carbons (Fsp3) is 0.391. The van der Waals surface area contributed by atoms with Gasteiger partial charge in [-0.1, -0.05) is 30.4 Å². The first-order chi connectivity index (χ1) is 14.5. The number of carbonyl (C=O) groups excluding carboxylic acids is 3. The standard InChI is InChI=1S/C23H23N3O4/c1-3-30-19(27)12-25-13(2)17(16-6-4-5-7-18(16)25)11-24-26-22(28)20-14-8-9-15(10-14)21(20)23(26)29/h4-9,11,14-15,20-21H,3,10,12H2,1-2H3/t14-,15-,20-,21+/m0/s1. The van der Waals surface area contributed by atoms with Crippen LogP contribution in [0.5, 0.6) is 0 Å². The van der Waals surface area contributed by atoms with Gasteiger partial charge in [-0.25, -0.2) is 0 Å². The van der Waals surface area contributed by atoms with E-state index in [4.69, 9.17) is 4.74 Å². The Morgan fingerprint density at radius 3 is 2.50 bits per heavy atom. The van der Waals surface area contributed by atoms with Gasteiger partial charge in [0.2, 0.25) is 0 Å². The molecule has 2 bridgehead atoms. The summed E-state index contributed by atoms with van der Waals surface area (Å²) in [6.07, 6.45) is 6.60. The van der Waals surface area contributed by atoms with Crippen molar-refractivity contribution in [3.05, 3.63) is 47.7 Å². The molecule has 0 spiro atoms. The second kappa shape index (κ2) is 6.93. The number of amides is 2. The number of carbonyl (C=O) groups is 3. The smallest absolute Gasteiger partial charge is 0.325 e. The fourth-order valence-corrected chi connectivity index (χ4v) is 5.28. The maximum Gasteiger partial charge on any atom is 0.325 e. The van der Waals surface area contributed by atoms with Crippen LogP contribution in [-0.4, -0.2) is 40.2 Å². The molecule has 0 radical (unpaired) electrons. The zero-order valence-corrected chi connectivity index (χ0v) is 16.9. The number of benzene rings is 1. The Morgan fingerprint density at radius 2 is 1.83 bits per heavy atom. The second-order valence-electron chi connectivity index (χ2n) is 8.14. The highest BCUT2D eigenvalue weighted by atomic mass is 16.5. The van der Waals surface area contributed by atoms with E-state index in [1.807, 2.05) is 35.8 Å². The molecule has 154 valence electrons. The number of imide groups is 1. The third-order valence-corrected chi connectivity index (χ3v) is 6.62. The van der Waals surface area contributed by atoms with Gasteiger partial charge in [-0.2, -0.15) is 10.1 Å². The highest BCUT2D eigenvalue weighted by Gasteiger charge is 2.59. The Morgan fingerprint density at radius 1 is 1.17 bits per heavy atom. The van der Waals surface area contributed by atoms with E-state index >= 15 is 0 Å². The van der Waals surface area contributed by atoms with Gasteiger partial charge in [0.05, 0.1) is 24.7 Å². The summed E-state index contributed by atoms with van der Waals surface area (Å²) in [5.74, 6) is -0.941. The van der Waals surface area contributed by atoms with Gasteiger partial charge >= 0.3 is 5.97 Å². The van der Waals surface area contributed by atoms with Crippen LogP contribution in [0.4, 0.5) is 0 Å². The van der Waals surface area contributed by atoms with Gasteiger partial charge in [0.15, 0.2) is 0 Å². The molecule has 2 aromatic rings. The summed E-state index contributed by atoms with van der Waals surface area (Å²) in [6, 6.07) is 7.69. The van der Waals surface area contributed by atoms with Crippen molar-refractivity contribution in [1.29, 1.82) is 0 Å². The second-order valence-corrected chi connectivity index (χ2v) is 8.14. The first-order valence-corrected chi connectivity index (χ1v) is 10.3. The molecule has 0 unspecified atom stereocenters. The van der Waals surface area contributed by atoms with E-state index in [-0.39, 0.29) is 48.0 Å². The number of fused-ring (bicyclic) bond motifs is 6. The van der Waals surface area contributed by atoms with Crippen molar-refractivity contribution in [2.24, 2.45) is 28.8 Å². The largest absolute Gasteiger partial charge is 0.465 e. The van der Waals surface area contributed by atoms with Gasteiger partial charge in [-0.05, 0) is 38.2 Å². The van der Waals surface area contributed by atoms with Crippen LogP contribution in [0.3, 0.4) is 0 Å². The summed E-state index contributed by atoms with van der Waals surface area (Å²) in [4.78, 5) is 37.8. The lowest BCUT2D eigenvalue weighted by Gasteiger charge is -2.13. The quantitative estimate of drug-likeness (QED) is 0.331. The summed E-state index contributed by atoms with van der Waals surface area (Å²) < 4.78 is 6.98. The highest BCUT2D eigenvalue weighted by molar-refractivity contribution is 6.08. The minimum Gasteiger partial charge on any atom is -0.465 e. The van der Waals surface area contributed by atoms with Gasteiger partial charge in [0.1, 0.15) is 6.54 Å². The molecule has 2 aliphatic carbocycles. The molecule has 1 aliphatic heterocycles. The van der Waals surface area contributed by atoms with Crippen LogP contribution in [0.15, 0.2) is 41.5 Å². The predicted octanol–water partition coefficient (Wildman–Crippen LogP) is 2.65. The normalized spacial score (nSPS) is 27.1. The summed E-state index contributed by atoms with van der Waals surface area (Å²) in [5.41, 5.74) is 2.49. The third kappa shape index (κ3) is 2.65. The van der Waals surface area contributed by atoms with E-state index in [1.54, 1.807) is 13.1 Å². The molecule has 30 heavy (non-hydrogen) atoms. The van der Waals surface area contributed by atoms with Crippen LogP contribution in [0.2, 0.25) is 0 Å². The van der Waals surface area contributed by atoms with Crippen LogP contribution >= 0.6 is 0 Å². The topological polar surface area (TPSA) is 81.0 Å². The number of ether oxygens (including phenoxy) is 1. The third-order valence-electron chi connectivity index (χ3n) is 6.62. The van der Waals surface area contributed by atoms with Gasteiger partial charge in [-0.15, -0.1) is 0 Å². The van der Waals surface area contributed by atoms with E-state index in [2.05, 4.69) is 17.3 Å². The molecule has 2 amide bonds.